The number of thiophene rings is 1. The highest BCUT2D eigenvalue weighted by Gasteiger charge is 2.20. The normalized spacial score (nSPS) is 12.2. The van der Waals surface area contributed by atoms with Crippen LogP contribution in [0.25, 0.3) is 11.3 Å². The Morgan fingerprint density at radius 3 is 2.54 bits per heavy atom. The Hall–Kier alpha value is -2.44. The van der Waals surface area contributed by atoms with Crippen molar-refractivity contribution in [3.63, 3.8) is 0 Å². The zero-order valence-electron chi connectivity index (χ0n) is 15.5. The maximum absolute atomic E-state index is 12.8. The zero-order valence-corrected chi connectivity index (χ0v) is 16.4. The SMILES string of the molecule is Cc1ccc(C(CN)NC(=O)c2cc(-c3c(C)cnn3C)c(C)s2)cc1. The Labute approximate surface area is 157 Å². The summed E-state index contributed by atoms with van der Waals surface area (Å²) >= 11 is 1.49. The van der Waals surface area contributed by atoms with E-state index < -0.39 is 0 Å². The summed E-state index contributed by atoms with van der Waals surface area (Å²) < 4.78 is 1.85. The van der Waals surface area contributed by atoms with Gasteiger partial charge in [0.2, 0.25) is 0 Å². The molecule has 26 heavy (non-hydrogen) atoms. The van der Waals surface area contributed by atoms with Crippen molar-refractivity contribution in [3.05, 3.63) is 63.0 Å². The molecule has 0 bridgehead atoms. The standard InChI is InChI=1S/C20H24N4OS/c1-12-5-7-15(8-6-12)17(10-21)23-20(25)18-9-16(14(3)26-18)19-13(2)11-22-24(19)4/h5-9,11,17H,10,21H2,1-4H3,(H,23,25). The third-order valence-corrected chi connectivity index (χ3v) is 5.59. The maximum atomic E-state index is 12.8. The van der Waals surface area contributed by atoms with Gasteiger partial charge in [-0.05, 0) is 38.0 Å². The number of aromatic nitrogens is 2. The van der Waals surface area contributed by atoms with E-state index in [0.717, 1.165) is 27.3 Å². The number of carbonyl (C=O) groups is 1. The van der Waals surface area contributed by atoms with Crippen molar-refractivity contribution < 1.29 is 4.79 Å². The molecule has 1 amide bonds. The third-order valence-electron chi connectivity index (χ3n) is 4.54. The van der Waals surface area contributed by atoms with Crippen LogP contribution in [0.3, 0.4) is 0 Å². The lowest BCUT2D eigenvalue weighted by Gasteiger charge is -2.17. The molecule has 0 radical (unpaired) electrons. The molecule has 0 saturated heterocycles. The van der Waals surface area contributed by atoms with Crippen LogP contribution in [0, 0.1) is 20.8 Å². The lowest BCUT2D eigenvalue weighted by atomic mass is 10.0. The summed E-state index contributed by atoms with van der Waals surface area (Å²) in [6.45, 7) is 6.45. The minimum Gasteiger partial charge on any atom is -0.343 e. The number of nitrogens with two attached hydrogens (primary N) is 1. The van der Waals surface area contributed by atoms with Crippen molar-refractivity contribution in [2.24, 2.45) is 12.8 Å². The molecule has 3 aromatic rings. The number of hydrogen-bond acceptors (Lipinski definition) is 4. The first kappa shape index (κ1) is 18.4. The Morgan fingerprint density at radius 2 is 1.96 bits per heavy atom. The summed E-state index contributed by atoms with van der Waals surface area (Å²) in [5.74, 6) is -0.0970. The molecular formula is C20H24N4OS. The molecule has 0 saturated carbocycles. The number of hydrogen-bond donors (Lipinski definition) is 2. The largest absolute Gasteiger partial charge is 0.343 e. The van der Waals surface area contributed by atoms with Crippen LogP contribution in [-0.2, 0) is 7.05 Å². The van der Waals surface area contributed by atoms with Gasteiger partial charge < -0.3 is 11.1 Å². The second kappa shape index (κ2) is 7.43. The fourth-order valence-corrected chi connectivity index (χ4v) is 3.99. The van der Waals surface area contributed by atoms with Gasteiger partial charge in [0, 0.05) is 24.0 Å². The van der Waals surface area contributed by atoms with Gasteiger partial charge >= 0.3 is 0 Å². The fraction of sp³-hybridized carbons (Fsp3) is 0.300. The molecule has 136 valence electrons. The van der Waals surface area contributed by atoms with Gasteiger partial charge in [0.15, 0.2) is 0 Å². The minimum atomic E-state index is -0.201. The van der Waals surface area contributed by atoms with Crippen LogP contribution in [0.5, 0.6) is 0 Å². The fourth-order valence-electron chi connectivity index (χ4n) is 3.07. The van der Waals surface area contributed by atoms with Crippen LogP contribution < -0.4 is 11.1 Å². The summed E-state index contributed by atoms with van der Waals surface area (Å²) in [5.41, 5.74) is 11.3. The van der Waals surface area contributed by atoms with E-state index in [4.69, 9.17) is 5.73 Å². The second-order valence-corrected chi connectivity index (χ2v) is 7.81. The molecule has 2 aromatic heterocycles. The lowest BCUT2D eigenvalue weighted by molar-refractivity contribution is 0.0942. The molecular weight excluding hydrogens is 344 g/mol. The topological polar surface area (TPSA) is 72.9 Å². The van der Waals surface area contributed by atoms with Crippen LogP contribution in [0.15, 0.2) is 36.5 Å². The predicted molar refractivity (Wildman–Crippen MR) is 106 cm³/mol. The Bertz CT molecular complexity index is 904. The average molecular weight is 369 g/mol. The highest BCUT2D eigenvalue weighted by atomic mass is 32.1. The molecule has 0 aliphatic rings. The van der Waals surface area contributed by atoms with Gasteiger partial charge in [-0.3, -0.25) is 9.48 Å². The average Bonchev–Trinajstić information content (AvgIpc) is 3.15. The first-order chi connectivity index (χ1) is 12.4. The molecule has 3 rings (SSSR count). The van der Waals surface area contributed by atoms with Gasteiger partial charge in [-0.25, -0.2) is 0 Å². The number of carbonyl (C=O) groups excluding carboxylic acids is 1. The lowest BCUT2D eigenvalue weighted by Crippen LogP contribution is -2.32. The van der Waals surface area contributed by atoms with Gasteiger partial charge in [0.05, 0.1) is 22.8 Å². The van der Waals surface area contributed by atoms with Crippen LogP contribution in [0.2, 0.25) is 0 Å². The number of aryl methyl sites for hydroxylation is 4. The van der Waals surface area contributed by atoms with Crippen LogP contribution in [0.4, 0.5) is 0 Å². The molecule has 0 aliphatic carbocycles. The number of rotatable bonds is 5. The van der Waals surface area contributed by atoms with E-state index in [2.05, 4.69) is 10.4 Å². The van der Waals surface area contributed by atoms with Crippen molar-refractivity contribution >= 4 is 17.2 Å². The van der Waals surface area contributed by atoms with E-state index in [0.29, 0.717) is 11.4 Å². The van der Waals surface area contributed by atoms with E-state index in [-0.39, 0.29) is 11.9 Å². The Balaban J connectivity index is 1.84. The summed E-state index contributed by atoms with van der Waals surface area (Å²) in [7, 11) is 1.92. The number of nitrogens with one attached hydrogen (secondary N) is 1. The molecule has 2 heterocycles. The summed E-state index contributed by atoms with van der Waals surface area (Å²) in [4.78, 5) is 14.6. The zero-order chi connectivity index (χ0) is 18.8. The van der Waals surface area contributed by atoms with Gasteiger partial charge in [0.25, 0.3) is 5.91 Å². The van der Waals surface area contributed by atoms with Gasteiger partial charge in [0.1, 0.15) is 0 Å². The Morgan fingerprint density at radius 1 is 1.27 bits per heavy atom. The van der Waals surface area contributed by atoms with E-state index >= 15 is 0 Å². The summed E-state index contributed by atoms with van der Waals surface area (Å²) in [5, 5.41) is 7.36. The van der Waals surface area contributed by atoms with Crippen molar-refractivity contribution in [3.8, 4) is 11.3 Å². The molecule has 5 nitrogen and oxygen atoms in total. The minimum absolute atomic E-state index is 0.0970. The quantitative estimate of drug-likeness (QED) is 0.724. The molecule has 1 atom stereocenters. The van der Waals surface area contributed by atoms with Gasteiger partial charge in [-0.2, -0.15) is 5.10 Å². The van der Waals surface area contributed by atoms with E-state index in [1.54, 1.807) is 0 Å². The summed E-state index contributed by atoms with van der Waals surface area (Å²) in [6, 6.07) is 9.83. The van der Waals surface area contributed by atoms with Crippen molar-refractivity contribution in [2.45, 2.75) is 26.8 Å². The first-order valence-electron chi connectivity index (χ1n) is 8.57. The van der Waals surface area contributed by atoms with Crippen molar-refractivity contribution in [1.29, 1.82) is 0 Å². The number of amides is 1. The van der Waals surface area contributed by atoms with E-state index in [9.17, 15) is 4.79 Å². The third kappa shape index (κ3) is 3.57. The molecule has 1 unspecified atom stereocenters. The van der Waals surface area contributed by atoms with Crippen LogP contribution in [0.1, 0.15) is 37.3 Å². The van der Waals surface area contributed by atoms with E-state index in [1.165, 1.54) is 16.9 Å². The number of benzene rings is 1. The number of nitrogens with zero attached hydrogens (tertiary/aromatic N) is 2. The molecule has 0 spiro atoms. The molecule has 3 N–H and O–H groups in total. The highest BCUT2D eigenvalue weighted by Crippen LogP contribution is 2.32. The Kier molecular flexibility index (Phi) is 5.25. The maximum Gasteiger partial charge on any atom is 0.261 e. The second-order valence-electron chi connectivity index (χ2n) is 6.55. The predicted octanol–water partition coefficient (Wildman–Crippen LogP) is 3.50. The van der Waals surface area contributed by atoms with Crippen molar-refractivity contribution in [1.82, 2.24) is 15.1 Å². The summed E-state index contributed by atoms with van der Waals surface area (Å²) in [6.07, 6.45) is 1.84. The molecule has 6 heteroatoms. The molecule has 1 aromatic carbocycles. The van der Waals surface area contributed by atoms with E-state index in [1.807, 2.05) is 69.0 Å². The van der Waals surface area contributed by atoms with Gasteiger partial charge in [-0.1, -0.05) is 29.8 Å². The molecule has 0 fully saturated rings. The highest BCUT2D eigenvalue weighted by molar-refractivity contribution is 7.14. The van der Waals surface area contributed by atoms with Crippen molar-refractivity contribution in [2.75, 3.05) is 6.54 Å². The molecule has 0 aliphatic heterocycles. The first-order valence-corrected chi connectivity index (χ1v) is 9.39. The smallest absolute Gasteiger partial charge is 0.261 e. The van der Waals surface area contributed by atoms with Gasteiger partial charge in [-0.15, -0.1) is 11.3 Å². The van der Waals surface area contributed by atoms with Crippen LogP contribution >= 0.6 is 11.3 Å². The van der Waals surface area contributed by atoms with Crippen LogP contribution in [-0.4, -0.2) is 22.2 Å². The monoisotopic (exact) mass is 368 g/mol.